The van der Waals surface area contributed by atoms with Gasteiger partial charge in [0.05, 0.1) is 5.56 Å². The largest absolute Gasteiger partial charge is 0.398 e. The highest BCUT2D eigenvalue weighted by Crippen LogP contribution is 2.24. The molecule has 0 heterocycles. The molecular formula is C16H17ClN2O. The molecule has 0 fully saturated rings. The minimum Gasteiger partial charge on any atom is -0.398 e. The molecule has 0 bridgehead atoms. The van der Waals surface area contributed by atoms with E-state index in [1.54, 1.807) is 18.2 Å². The maximum Gasteiger partial charge on any atom is 0.257 e. The van der Waals surface area contributed by atoms with Crippen molar-refractivity contribution in [3.8, 4) is 0 Å². The van der Waals surface area contributed by atoms with E-state index in [2.05, 4.69) is 5.32 Å². The van der Waals surface area contributed by atoms with Crippen LogP contribution in [0.2, 0.25) is 5.02 Å². The maximum atomic E-state index is 12.3. The second-order valence-corrected chi connectivity index (χ2v) is 5.40. The van der Waals surface area contributed by atoms with Crippen LogP contribution in [0.4, 0.5) is 11.4 Å². The van der Waals surface area contributed by atoms with Gasteiger partial charge in [0, 0.05) is 16.4 Å². The molecule has 1 amide bonds. The first kappa shape index (κ1) is 14.4. The fraction of sp³-hybridized carbons (Fsp3) is 0.188. The zero-order valence-corrected chi connectivity index (χ0v) is 12.5. The predicted molar refractivity (Wildman–Crippen MR) is 84.5 cm³/mol. The SMILES string of the molecule is Cc1cc(C)c(NC(=O)c2ccc(Cl)cc2N)c(C)c1. The Balaban J connectivity index is 2.33. The van der Waals surface area contributed by atoms with E-state index in [-0.39, 0.29) is 5.91 Å². The summed E-state index contributed by atoms with van der Waals surface area (Å²) < 4.78 is 0. The Kier molecular flexibility index (Phi) is 4.00. The Morgan fingerprint density at radius 3 is 2.25 bits per heavy atom. The molecule has 2 rings (SSSR count). The van der Waals surface area contributed by atoms with E-state index in [4.69, 9.17) is 17.3 Å². The summed E-state index contributed by atoms with van der Waals surface area (Å²) in [4.78, 5) is 12.3. The molecule has 0 spiro atoms. The van der Waals surface area contributed by atoms with E-state index in [1.807, 2.05) is 32.9 Å². The molecule has 0 atom stereocenters. The van der Waals surface area contributed by atoms with Gasteiger partial charge in [-0.1, -0.05) is 29.3 Å². The summed E-state index contributed by atoms with van der Waals surface area (Å²) in [5, 5.41) is 3.44. The van der Waals surface area contributed by atoms with Crippen LogP contribution in [0.15, 0.2) is 30.3 Å². The first-order chi connectivity index (χ1) is 9.38. The minimum absolute atomic E-state index is 0.228. The first-order valence-corrected chi connectivity index (χ1v) is 6.70. The van der Waals surface area contributed by atoms with E-state index >= 15 is 0 Å². The number of hydrogen-bond acceptors (Lipinski definition) is 2. The maximum absolute atomic E-state index is 12.3. The third-order valence-electron chi connectivity index (χ3n) is 3.17. The number of rotatable bonds is 2. The number of nitrogens with one attached hydrogen (secondary N) is 1. The van der Waals surface area contributed by atoms with Crippen LogP contribution in [0.3, 0.4) is 0 Å². The quantitative estimate of drug-likeness (QED) is 0.818. The van der Waals surface area contributed by atoms with Crippen LogP contribution < -0.4 is 11.1 Å². The van der Waals surface area contributed by atoms with Crippen LogP contribution in [0.5, 0.6) is 0 Å². The van der Waals surface area contributed by atoms with Gasteiger partial charge in [0.25, 0.3) is 5.91 Å². The van der Waals surface area contributed by atoms with Crippen LogP contribution in [-0.2, 0) is 0 Å². The van der Waals surface area contributed by atoms with E-state index < -0.39 is 0 Å². The van der Waals surface area contributed by atoms with Crippen molar-refractivity contribution < 1.29 is 4.79 Å². The molecule has 20 heavy (non-hydrogen) atoms. The van der Waals surface area contributed by atoms with Gasteiger partial charge in [0.15, 0.2) is 0 Å². The normalized spacial score (nSPS) is 10.4. The summed E-state index contributed by atoms with van der Waals surface area (Å²) in [6, 6.07) is 8.93. The fourth-order valence-electron chi connectivity index (χ4n) is 2.30. The van der Waals surface area contributed by atoms with Crippen molar-refractivity contribution in [2.45, 2.75) is 20.8 Å². The van der Waals surface area contributed by atoms with Gasteiger partial charge in [-0.05, 0) is 50.1 Å². The molecule has 0 aliphatic rings. The second-order valence-electron chi connectivity index (χ2n) is 4.96. The van der Waals surface area contributed by atoms with Gasteiger partial charge in [-0.3, -0.25) is 4.79 Å². The molecular weight excluding hydrogens is 272 g/mol. The van der Waals surface area contributed by atoms with Crippen LogP contribution >= 0.6 is 11.6 Å². The average molecular weight is 289 g/mol. The van der Waals surface area contributed by atoms with Crippen molar-refractivity contribution in [1.82, 2.24) is 0 Å². The number of nitrogens with two attached hydrogens (primary N) is 1. The van der Waals surface area contributed by atoms with Gasteiger partial charge in [-0.2, -0.15) is 0 Å². The Hall–Kier alpha value is -2.00. The third kappa shape index (κ3) is 2.94. The summed E-state index contributed by atoms with van der Waals surface area (Å²) in [6.45, 7) is 5.98. The molecule has 0 saturated carbocycles. The molecule has 4 heteroatoms. The van der Waals surface area contributed by atoms with E-state index in [0.717, 1.165) is 16.8 Å². The van der Waals surface area contributed by atoms with Crippen LogP contribution in [0.25, 0.3) is 0 Å². The van der Waals surface area contributed by atoms with Crippen molar-refractivity contribution in [3.05, 3.63) is 57.6 Å². The van der Waals surface area contributed by atoms with Crippen molar-refractivity contribution in [2.75, 3.05) is 11.1 Å². The lowest BCUT2D eigenvalue weighted by Crippen LogP contribution is -2.15. The number of hydrogen-bond donors (Lipinski definition) is 2. The van der Waals surface area contributed by atoms with Crippen LogP contribution in [0.1, 0.15) is 27.0 Å². The first-order valence-electron chi connectivity index (χ1n) is 6.32. The highest BCUT2D eigenvalue weighted by Gasteiger charge is 2.13. The van der Waals surface area contributed by atoms with Crippen molar-refractivity contribution in [3.63, 3.8) is 0 Å². The van der Waals surface area contributed by atoms with Crippen LogP contribution in [0, 0.1) is 20.8 Å². The predicted octanol–water partition coefficient (Wildman–Crippen LogP) is 4.10. The number of carbonyl (C=O) groups excluding carboxylic acids is 1. The third-order valence-corrected chi connectivity index (χ3v) is 3.41. The molecule has 3 nitrogen and oxygen atoms in total. The summed E-state index contributed by atoms with van der Waals surface area (Å²) in [5.41, 5.74) is 10.7. The summed E-state index contributed by atoms with van der Waals surface area (Å²) in [7, 11) is 0. The fourth-order valence-corrected chi connectivity index (χ4v) is 2.48. The lowest BCUT2D eigenvalue weighted by Gasteiger charge is -2.13. The average Bonchev–Trinajstić information content (AvgIpc) is 2.33. The van der Waals surface area contributed by atoms with Gasteiger partial charge in [0.1, 0.15) is 0 Å². The number of nitrogen functional groups attached to an aromatic ring is 1. The lowest BCUT2D eigenvalue weighted by molar-refractivity contribution is 0.102. The number of halogens is 1. The van der Waals surface area contributed by atoms with Crippen LogP contribution in [-0.4, -0.2) is 5.91 Å². The molecule has 2 aromatic rings. The molecule has 0 saturated heterocycles. The number of benzene rings is 2. The van der Waals surface area contributed by atoms with Gasteiger partial charge in [-0.15, -0.1) is 0 Å². The standard InChI is InChI=1S/C16H17ClN2O/c1-9-6-10(2)15(11(3)7-9)19-16(20)13-5-4-12(17)8-14(13)18/h4-8H,18H2,1-3H3,(H,19,20). The van der Waals surface area contributed by atoms with Gasteiger partial charge < -0.3 is 11.1 Å². The molecule has 0 radical (unpaired) electrons. The monoisotopic (exact) mass is 288 g/mol. The Morgan fingerprint density at radius 1 is 1.10 bits per heavy atom. The Labute approximate surface area is 123 Å². The summed E-state index contributed by atoms with van der Waals surface area (Å²) >= 11 is 5.84. The zero-order chi connectivity index (χ0) is 14.9. The summed E-state index contributed by atoms with van der Waals surface area (Å²) in [6.07, 6.45) is 0. The van der Waals surface area contributed by atoms with Gasteiger partial charge >= 0.3 is 0 Å². The smallest absolute Gasteiger partial charge is 0.257 e. The highest BCUT2D eigenvalue weighted by atomic mass is 35.5. The topological polar surface area (TPSA) is 55.1 Å². The van der Waals surface area contributed by atoms with Crippen molar-refractivity contribution in [1.29, 1.82) is 0 Å². The Bertz CT molecular complexity index is 657. The molecule has 3 N–H and O–H groups in total. The zero-order valence-electron chi connectivity index (χ0n) is 11.8. The number of aryl methyl sites for hydroxylation is 3. The molecule has 0 aliphatic heterocycles. The van der Waals surface area contributed by atoms with E-state index in [1.165, 1.54) is 5.56 Å². The molecule has 0 unspecified atom stereocenters. The molecule has 0 aliphatic carbocycles. The van der Waals surface area contributed by atoms with E-state index in [9.17, 15) is 4.79 Å². The number of carbonyl (C=O) groups is 1. The minimum atomic E-state index is -0.228. The highest BCUT2D eigenvalue weighted by molar-refractivity contribution is 6.31. The van der Waals surface area contributed by atoms with E-state index in [0.29, 0.717) is 16.3 Å². The molecule has 2 aromatic carbocycles. The lowest BCUT2D eigenvalue weighted by atomic mass is 10.0. The van der Waals surface area contributed by atoms with Crippen molar-refractivity contribution >= 4 is 28.9 Å². The molecule has 104 valence electrons. The second kappa shape index (κ2) is 5.55. The van der Waals surface area contributed by atoms with Gasteiger partial charge in [0.2, 0.25) is 0 Å². The number of amides is 1. The van der Waals surface area contributed by atoms with Gasteiger partial charge in [-0.25, -0.2) is 0 Å². The number of anilines is 2. The molecule has 0 aromatic heterocycles. The summed E-state index contributed by atoms with van der Waals surface area (Å²) in [5.74, 6) is -0.228. The Morgan fingerprint density at radius 2 is 1.70 bits per heavy atom. The van der Waals surface area contributed by atoms with Crippen molar-refractivity contribution in [2.24, 2.45) is 0 Å².